The SMILES string of the molecule is CC(=O)Nc1c2cc(Br)ccc2n2c(C)nc3ccc(Cl)cc3c12. The number of nitrogens with one attached hydrogen (secondary N) is 1. The molecule has 0 saturated heterocycles. The Labute approximate surface area is 151 Å². The Bertz CT molecular complexity index is 1150. The zero-order chi connectivity index (χ0) is 17.0. The van der Waals surface area contributed by atoms with Crippen molar-refractivity contribution in [3.05, 3.63) is 51.7 Å². The van der Waals surface area contributed by atoms with Crippen molar-refractivity contribution in [1.82, 2.24) is 9.38 Å². The van der Waals surface area contributed by atoms with Gasteiger partial charge in [0.15, 0.2) is 0 Å². The lowest BCUT2D eigenvalue weighted by molar-refractivity contribution is -0.114. The maximum Gasteiger partial charge on any atom is 0.221 e. The third-order valence-electron chi connectivity index (χ3n) is 4.05. The number of anilines is 1. The first-order chi connectivity index (χ1) is 11.5. The molecule has 4 aromatic rings. The summed E-state index contributed by atoms with van der Waals surface area (Å²) in [5, 5.41) is 5.48. The zero-order valence-corrected chi connectivity index (χ0v) is 15.4. The Hall–Kier alpha value is -2.11. The van der Waals surface area contributed by atoms with Gasteiger partial charge in [0, 0.05) is 27.2 Å². The smallest absolute Gasteiger partial charge is 0.221 e. The molecule has 0 atom stereocenters. The Morgan fingerprint density at radius 3 is 2.75 bits per heavy atom. The van der Waals surface area contributed by atoms with Crippen LogP contribution >= 0.6 is 27.5 Å². The molecule has 0 spiro atoms. The van der Waals surface area contributed by atoms with Crippen LogP contribution in [0.5, 0.6) is 0 Å². The summed E-state index contributed by atoms with van der Waals surface area (Å²) in [6.45, 7) is 3.47. The van der Waals surface area contributed by atoms with E-state index in [-0.39, 0.29) is 5.91 Å². The predicted molar refractivity (Wildman–Crippen MR) is 102 cm³/mol. The summed E-state index contributed by atoms with van der Waals surface area (Å²) < 4.78 is 3.01. The van der Waals surface area contributed by atoms with Gasteiger partial charge in [-0.25, -0.2) is 4.98 Å². The molecule has 24 heavy (non-hydrogen) atoms. The van der Waals surface area contributed by atoms with Crippen molar-refractivity contribution >= 4 is 66.4 Å². The first-order valence-electron chi connectivity index (χ1n) is 7.43. The first kappa shape index (κ1) is 15.4. The highest BCUT2D eigenvalue weighted by Gasteiger charge is 2.18. The molecule has 0 aliphatic carbocycles. The van der Waals surface area contributed by atoms with Crippen molar-refractivity contribution in [2.24, 2.45) is 0 Å². The van der Waals surface area contributed by atoms with E-state index in [9.17, 15) is 4.79 Å². The van der Waals surface area contributed by atoms with Gasteiger partial charge in [-0.15, -0.1) is 0 Å². The molecular weight excluding hydrogens is 390 g/mol. The molecule has 1 amide bonds. The number of carbonyl (C=O) groups is 1. The molecule has 2 aromatic carbocycles. The number of rotatable bonds is 1. The summed E-state index contributed by atoms with van der Waals surface area (Å²) in [5.74, 6) is 0.734. The summed E-state index contributed by atoms with van der Waals surface area (Å²) in [5.41, 5.74) is 3.52. The first-order valence-corrected chi connectivity index (χ1v) is 8.60. The number of fused-ring (bicyclic) bond motifs is 5. The van der Waals surface area contributed by atoms with Crippen LogP contribution < -0.4 is 5.32 Å². The van der Waals surface area contributed by atoms with Crippen molar-refractivity contribution < 1.29 is 4.79 Å². The van der Waals surface area contributed by atoms with Crippen LogP contribution in [0.15, 0.2) is 40.9 Å². The number of amides is 1. The Morgan fingerprint density at radius 2 is 2.00 bits per heavy atom. The molecule has 1 N–H and O–H groups in total. The van der Waals surface area contributed by atoms with Gasteiger partial charge in [0.2, 0.25) is 5.91 Å². The Morgan fingerprint density at radius 1 is 1.21 bits per heavy atom. The van der Waals surface area contributed by atoms with Gasteiger partial charge in [-0.1, -0.05) is 27.5 Å². The van der Waals surface area contributed by atoms with Gasteiger partial charge in [0.25, 0.3) is 0 Å². The number of nitrogens with zero attached hydrogens (tertiary/aromatic N) is 2. The van der Waals surface area contributed by atoms with Crippen LogP contribution in [0.25, 0.3) is 27.3 Å². The second kappa shape index (κ2) is 5.46. The Kier molecular flexibility index (Phi) is 3.51. The molecule has 0 radical (unpaired) electrons. The average molecular weight is 403 g/mol. The fourth-order valence-corrected chi connectivity index (χ4v) is 3.71. The molecule has 120 valence electrons. The minimum absolute atomic E-state index is 0.117. The molecule has 0 saturated carbocycles. The molecule has 0 unspecified atom stereocenters. The molecule has 6 heteroatoms. The second-order valence-corrected chi connectivity index (χ2v) is 7.07. The van der Waals surface area contributed by atoms with Gasteiger partial charge in [0.05, 0.1) is 22.2 Å². The van der Waals surface area contributed by atoms with E-state index in [2.05, 4.69) is 30.6 Å². The third kappa shape index (κ3) is 2.27. The van der Waals surface area contributed by atoms with Crippen molar-refractivity contribution in [3.63, 3.8) is 0 Å². The van der Waals surface area contributed by atoms with Crippen LogP contribution in [0.3, 0.4) is 0 Å². The van der Waals surface area contributed by atoms with Crippen LogP contribution in [-0.2, 0) is 4.79 Å². The van der Waals surface area contributed by atoms with E-state index >= 15 is 0 Å². The molecule has 4 nitrogen and oxygen atoms in total. The van der Waals surface area contributed by atoms with Crippen molar-refractivity contribution in [1.29, 1.82) is 0 Å². The van der Waals surface area contributed by atoms with Crippen LogP contribution in [-0.4, -0.2) is 15.3 Å². The molecule has 0 aliphatic rings. The average Bonchev–Trinajstić information content (AvgIpc) is 2.82. The van der Waals surface area contributed by atoms with Crippen LogP contribution in [0.2, 0.25) is 5.02 Å². The summed E-state index contributed by atoms with van der Waals surface area (Å²) in [6.07, 6.45) is 0. The van der Waals surface area contributed by atoms with Crippen LogP contribution in [0.1, 0.15) is 12.7 Å². The van der Waals surface area contributed by atoms with E-state index in [1.807, 2.05) is 43.3 Å². The summed E-state index contributed by atoms with van der Waals surface area (Å²) in [7, 11) is 0. The van der Waals surface area contributed by atoms with Gasteiger partial charge >= 0.3 is 0 Å². The summed E-state index contributed by atoms with van der Waals surface area (Å²) in [4.78, 5) is 16.5. The lowest BCUT2D eigenvalue weighted by atomic mass is 10.1. The maximum atomic E-state index is 11.8. The van der Waals surface area contributed by atoms with Gasteiger partial charge in [0.1, 0.15) is 5.82 Å². The fraction of sp³-hybridized carbons (Fsp3) is 0.111. The van der Waals surface area contributed by atoms with E-state index < -0.39 is 0 Å². The monoisotopic (exact) mass is 401 g/mol. The van der Waals surface area contributed by atoms with E-state index in [4.69, 9.17) is 11.6 Å². The fourth-order valence-electron chi connectivity index (χ4n) is 3.18. The number of halogens is 2. The number of aromatic nitrogens is 2. The molecule has 2 aromatic heterocycles. The number of carbonyl (C=O) groups excluding carboxylic acids is 1. The lowest BCUT2D eigenvalue weighted by Crippen LogP contribution is -2.06. The highest BCUT2D eigenvalue weighted by atomic mass is 79.9. The second-order valence-electron chi connectivity index (χ2n) is 5.72. The molecule has 4 rings (SSSR count). The molecular formula is C18H13BrClN3O. The summed E-state index contributed by atoms with van der Waals surface area (Å²) >= 11 is 9.72. The number of benzene rings is 2. The molecule has 0 aliphatic heterocycles. The van der Waals surface area contributed by atoms with Gasteiger partial charge in [-0.3, -0.25) is 9.20 Å². The zero-order valence-electron chi connectivity index (χ0n) is 13.0. The Balaban J connectivity index is 2.32. The third-order valence-corrected chi connectivity index (χ3v) is 4.78. The molecule has 0 bridgehead atoms. The van der Waals surface area contributed by atoms with E-state index in [1.165, 1.54) is 6.92 Å². The highest BCUT2D eigenvalue weighted by Crippen LogP contribution is 2.38. The standard InChI is InChI=1S/C18H13BrClN3O/c1-9-21-15-5-4-12(20)8-13(15)18-17(22-10(2)24)14-7-11(19)3-6-16(14)23(9)18/h3-8H,1-2H3,(H,22,24). The van der Waals surface area contributed by atoms with Gasteiger partial charge in [-0.2, -0.15) is 0 Å². The summed E-state index contributed by atoms with van der Waals surface area (Å²) in [6, 6.07) is 11.6. The van der Waals surface area contributed by atoms with Crippen molar-refractivity contribution in [2.75, 3.05) is 5.32 Å². The van der Waals surface area contributed by atoms with Gasteiger partial charge in [-0.05, 0) is 43.3 Å². The van der Waals surface area contributed by atoms with E-state index in [0.717, 1.165) is 43.3 Å². The van der Waals surface area contributed by atoms with E-state index in [0.29, 0.717) is 5.02 Å². The lowest BCUT2D eigenvalue weighted by Gasteiger charge is -2.08. The highest BCUT2D eigenvalue weighted by molar-refractivity contribution is 9.10. The molecule has 2 heterocycles. The predicted octanol–water partition coefficient (Wildman–Crippen LogP) is 5.32. The van der Waals surface area contributed by atoms with Crippen molar-refractivity contribution in [2.45, 2.75) is 13.8 Å². The largest absolute Gasteiger partial charge is 0.324 e. The maximum absolute atomic E-state index is 11.8. The number of hydrogen-bond acceptors (Lipinski definition) is 2. The minimum atomic E-state index is -0.117. The minimum Gasteiger partial charge on any atom is -0.324 e. The normalized spacial score (nSPS) is 11.5. The molecule has 0 fully saturated rings. The quantitative estimate of drug-likeness (QED) is 0.468. The number of aryl methyl sites for hydroxylation is 1. The van der Waals surface area contributed by atoms with Crippen molar-refractivity contribution in [3.8, 4) is 0 Å². The van der Waals surface area contributed by atoms with E-state index in [1.54, 1.807) is 0 Å². The van der Waals surface area contributed by atoms with Crippen LogP contribution in [0.4, 0.5) is 5.69 Å². The van der Waals surface area contributed by atoms with Gasteiger partial charge < -0.3 is 5.32 Å². The number of hydrogen-bond donors (Lipinski definition) is 1. The van der Waals surface area contributed by atoms with Crippen LogP contribution in [0, 0.1) is 6.92 Å². The topological polar surface area (TPSA) is 46.4 Å².